The quantitative estimate of drug-likeness (QED) is 0.525. The molecule has 3 aromatic rings. The van der Waals surface area contributed by atoms with Crippen molar-refractivity contribution >= 4 is 51.7 Å². The molecule has 1 aliphatic heterocycles. The van der Waals surface area contributed by atoms with Crippen LogP contribution < -0.4 is 10.1 Å². The van der Waals surface area contributed by atoms with Gasteiger partial charge in [-0.05, 0) is 24.3 Å². The molecule has 35 heavy (non-hydrogen) atoms. The number of ether oxygens (including phenoxy) is 2. The Morgan fingerprint density at radius 2 is 1.89 bits per heavy atom. The van der Waals surface area contributed by atoms with Crippen LogP contribution in [-0.2, 0) is 22.3 Å². The number of amides is 2. The second-order valence-electron chi connectivity index (χ2n) is 7.58. The number of anilines is 1. The third-order valence-corrected chi connectivity index (χ3v) is 6.13. The molecule has 2 aromatic carbocycles. The van der Waals surface area contributed by atoms with Crippen molar-refractivity contribution in [2.45, 2.75) is 12.7 Å². The smallest absolute Gasteiger partial charge is 0.449 e. The standard InChI is InChI=1S/C22H19Cl2F3N4O4/c1-34-15-6-5-12(23)17(18(15)24)20(33)28-13-3-2-4-14-19(13)29-21(22(25,26)27)31(14)11-16(32)30-7-9-35-10-8-30/h2-6H,7-11H2,1H3,(H,28,33). The molecule has 0 atom stereocenters. The molecule has 1 saturated heterocycles. The third kappa shape index (κ3) is 5.02. The van der Waals surface area contributed by atoms with Gasteiger partial charge in [-0.25, -0.2) is 4.98 Å². The molecule has 1 aliphatic rings. The molecule has 1 aromatic heterocycles. The molecule has 186 valence electrons. The van der Waals surface area contributed by atoms with Crippen LogP contribution in [0.15, 0.2) is 30.3 Å². The van der Waals surface area contributed by atoms with Crippen LogP contribution in [0, 0.1) is 0 Å². The minimum absolute atomic E-state index is 0.00877. The van der Waals surface area contributed by atoms with E-state index in [1.165, 1.54) is 42.3 Å². The number of fused-ring (bicyclic) bond motifs is 1. The maximum Gasteiger partial charge on any atom is 0.449 e. The van der Waals surface area contributed by atoms with Gasteiger partial charge in [0.15, 0.2) is 0 Å². The summed E-state index contributed by atoms with van der Waals surface area (Å²) in [7, 11) is 1.36. The van der Waals surface area contributed by atoms with E-state index in [0.717, 1.165) is 4.57 Å². The number of nitrogens with zero attached hydrogens (tertiary/aromatic N) is 3. The van der Waals surface area contributed by atoms with Crippen LogP contribution in [-0.4, -0.2) is 59.7 Å². The molecule has 0 aliphatic carbocycles. The summed E-state index contributed by atoms with van der Waals surface area (Å²) in [6.07, 6.45) is -4.84. The zero-order valence-corrected chi connectivity index (χ0v) is 19.8. The predicted octanol–water partition coefficient (Wildman–Crippen LogP) is 4.48. The summed E-state index contributed by atoms with van der Waals surface area (Å²) in [6.45, 7) is 0.630. The molecule has 1 N–H and O–H groups in total. The number of nitrogens with one attached hydrogen (secondary N) is 1. The summed E-state index contributed by atoms with van der Waals surface area (Å²) in [5, 5.41) is 2.50. The number of rotatable bonds is 5. The highest BCUT2D eigenvalue weighted by Gasteiger charge is 2.39. The minimum Gasteiger partial charge on any atom is -0.495 e. The van der Waals surface area contributed by atoms with E-state index in [1.54, 1.807) is 0 Å². The molecule has 0 spiro atoms. The Bertz CT molecular complexity index is 1290. The van der Waals surface area contributed by atoms with Crippen LogP contribution in [0.3, 0.4) is 0 Å². The lowest BCUT2D eigenvalue weighted by molar-refractivity contribution is -0.148. The van der Waals surface area contributed by atoms with E-state index < -0.39 is 30.4 Å². The van der Waals surface area contributed by atoms with Crippen LogP contribution in [0.5, 0.6) is 5.75 Å². The van der Waals surface area contributed by atoms with E-state index in [4.69, 9.17) is 32.7 Å². The number of benzene rings is 2. The fourth-order valence-electron chi connectivity index (χ4n) is 3.76. The number of aromatic nitrogens is 2. The molecule has 4 rings (SSSR count). The number of halogens is 5. The number of carbonyl (C=O) groups excluding carboxylic acids is 2. The maximum absolute atomic E-state index is 13.9. The first kappa shape index (κ1) is 25.1. The first-order chi connectivity index (χ1) is 16.6. The summed E-state index contributed by atoms with van der Waals surface area (Å²) in [5.41, 5.74) is -0.231. The zero-order valence-electron chi connectivity index (χ0n) is 18.3. The van der Waals surface area contributed by atoms with Crippen LogP contribution in [0.1, 0.15) is 16.2 Å². The summed E-state index contributed by atoms with van der Waals surface area (Å²) in [4.78, 5) is 30.9. The van der Waals surface area contributed by atoms with Crippen molar-refractivity contribution in [2.75, 3.05) is 38.7 Å². The van der Waals surface area contributed by atoms with Gasteiger partial charge in [-0.3, -0.25) is 9.59 Å². The number of hydrogen-bond donors (Lipinski definition) is 1. The van der Waals surface area contributed by atoms with Crippen molar-refractivity contribution in [1.29, 1.82) is 0 Å². The monoisotopic (exact) mass is 530 g/mol. The van der Waals surface area contributed by atoms with Gasteiger partial charge in [-0.1, -0.05) is 29.3 Å². The van der Waals surface area contributed by atoms with Crippen molar-refractivity contribution in [3.05, 3.63) is 51.8 Å². The summed E-state index contributed by atoms with van der Waals surface area (Å²) >= 11 is 12.4. The molecule has 0 radical (unpaired) electrons. The number of alkyl halides is 3. The highest BCUT2D eigenvalue weighted by atomic mass is 35.5. The Morgan fingerprint density at radius 1 is 1.17 bits per heavy atom. The van der Waals surface area contributed by atoms with Crippen LogP contribution in [0.2, 0.25) is 10.0 Å². The minimum atomic E-state index is -4.84. The molecule has 0 bridgehead atoms. The number of carbonyl (C=O) groups is 2. The van der Waals surface area contributed by atoms with E-state index in [0.29, 0.717) is 13.2 Å². The Hall–Kier alpha value is -3.02. The Kier molecular flexibility index (Phi) is 7.11. The van der Waals surface area contributed by atoms with Crippen LogP contribution in [0.25, 0.3) is 11.0 Å². The lowest BCUT2D eigenvalue weighted by atomic mass is 10.1. The van der Waals surface area contributed by atoms with Gasteiger partial charge in [0.05, 0.1) is 47.1 Å². The molecular weight excluding hydrogens is 512 g/mol. The van der Waals surface area contributed by atoms with Gasteiger partial charge in [0.25, 0.3) is 5.91 Å². The number of imidazole rings is 1. The zero-order chi connectivity index (χ0) is 25.3. The molecule has 0 saturated carbocycles. The van der Waals surface area contributed by atoms with E-state index in [2.05, 4.69) is 10.3 Å². The third-order valence-electron chi connectivity index (χ3n) is 5.44. The second kappa shape index (κ2) is 9.92. The SMILES string of the molecule is COc1ccc(Cl)c(C(=O)Nc2cccc3c2nc(C(F)(F)F)n3CC(=O)N2CCOCC2)c1Cl. The summed E-state index contributed by atoms with van der Waals surface area (Å²) < 4.78 is 52.7. The van der Waals surface area contributed by atoms with E-state index in [-0.39, 0.29) is 51.2 Å². The Balaban J connectivity index is 1.73. The molecule has 2 heterocycles. The Labute approximate surface area is 207 Å². The van der Waals surface area contributed by atoms with E-state index >= 15 is 0 Å². The molecule has 2 amide bonds. The van der Waals surface area contributed by atoms with Crippen molar-refractivity contribution in [3.8, 4) is 5.75 Å². The van der Waals surface area contributed by atoms with Gasteiger partial charge in [-0.2, -0.15) is 13.2 Å². The fraction of sp³-hybridized carbons (Fsp3) is 0.318. The lowest BCUT2D eigenvalue weighted by Gasteiger charge is -2.27. The molecule has 1 fully saturated rings. The van der Waals surface area contributed by atoms with Gasteiger partial charge in [-0.15, -0.1) is 0 Å². The van der Waals surface area contributed by atoms with Crippen molar-refractivity contribution in [2.24, 2.45) is 0 Å². The van der Waals surface area contributed by atoms with Gasteiger partial charge in [0, 0.05) is 13.1 Å². The number of hydrogen-bond acceptors (Lipinski definition) is 5. The second-order valence-corrected chi connectivity index (χ2v) is 8.36. The summed E-state index contributed by atoms with van der Waals surface area (Å²) in [5.74, 6) is -2.32. The highest BCUT2D eigenvalue weighted by Crippen LogP contribution is 2.36. The molecular formula is C22H19Cl2F3N4O4. The Morgan fingerprint density at radius 3 is 2.54 bits per heavy atom. The van der Waals surface area contributed by atoms with Gasteiger partial charge in [0.2, 0.25) is 11.7 Å². The lowest BCUT2D eigenvalue weighted by Crippen LogP contribution is -2.42. The van der Waals surface area contributed by atoms with Crippen LogP contribution >= 0.6 is 23.2 Å². The van der Waals surface area contributed by atoms with E-state index in [1.807, 2.05) is 0 Å². The largest absolute Gasteiger partial charge is 0.495 e. The predicted molar refractivity (Wildman–Crippen MR) is 123 cm³/mol. The topological polar surface area (TPSA) is 85.7 Å². The van der Waals surface area contributed by atoms with Gasteiger partial charge in [0.1, 0.15) is 17.8 Å². The average molecular weight is 531 g/mol. The molecule has 8 nitrogen and oxygen atoms in total. The summed E-state index contributed by atoms with van der Waals surface area (Å²) in [6, 6.07) is 7.12. The van der Waals surface area contributed by atoms with Gasteiger partial charge < -0.3 is 24.3 Å². The molecule has 13 heteroatoms. The average Bonchev–Trinajstić information content (AvgIpc) is 3.20. The number of para-hydroxylation sites is 1. The van der Waals surface area contributed by atoms with Crippen molar-refractivity contribution < 1.29 is 32.2 Å². The van der Waals surface area contributed by atoms with Crippen LogP contribution in [0.4, 0.5) is 18.9 Å². The van der Waals surface area contributed by atoms with Crippen molar-refractivity contribution in [1.82, 2.24) is 14.5 Å². The van der Waals surface area contributed by atoms with Crippen molar-refractivity contribution in [3.63, 3.8) is 0 Å². The number of methoxy groups -OCH3 is 1. The number of morpholine rings is 1. The maximum atomic E-state index is 13.9. The van der Waals surface area contributed by atoms with E-state index in [9.17, 15) is 22.8 Å². The molecule has 0 unspecified atom stereocenters. The highest BCUT2D eigenvalue weighted by molar-refractivity contribution is 6.41. The first-order valence-electron chi connectivity index (χ1n) is 10.4. The normalized spacial score (nSPS) is 14.3. The first-order valence-corrected chi connectivity index (χ1v) is 11.1. The fourth-order valence-corrected chi connectivity index (χ4v) is 4.38. The van der Waals surface area contributed by atoms with Gasteiger partial charge >= 0.3 is 6.18 Å².